The number of carbonyl (C=O) groups excluding carboxylic acids is 1. The molecule has 2 saturated carbocycles. The first-order valence-corrected chi connectivity index (χ1v) is 13.9. The van der Waals surface area contributed by atoms with Crippen LogP contribution in [0.1, 0.15) is 61.3 Å². The molecule has 2 aromatic rings. The van der Waals surface area contributed by atoms with Crippen molar-refractivity contribution in [1.82, 2.24) is 9.80 Å². The first kappa shape index (κ1) is 26.1. The Labute approximate surface area is 220 Å². The lowest BCUT2D eigenvalue weighted by atomic mass is 9.78. The molecular formula is C31H41F2N3O. The zero-order valence-electron chi connectivity index (χ0n) is 22.8. The highest BCUT2D eigenvalue weighted by Crippen LogP contribution is 2.56. The number of piperazine rings is 1. The minimum atomic E-state index is -2.85. The highest BCUT2D eigenvalue weighted by Gasteiger charge is 2.56. The summed E-state index contributed by atoms with van der Waals surface area (Å²) in [5, 5.41) is 0. The second-order valence-electron chi connectivity index (χ2n) is 11.9. The molecule has 3 fully saturated rings. The molecule has 3 atom stereocenters. The first-order valence-electron chi connectivity index (χ1n) is 13.9. The average Bonchev–Trinajstić information content (AvgIpc) is 3.44. The largest absolute Gasteiger partial charge is 0.368 e. The third kappa shape index (κ3) is 5.14. The first-order chi connectivity index (χ1) is 17.6. The zero-order valence-corrected chi connectivity index (χ0v) is 22.8. The van der Waals surface area contributed by atoms with Crippen LogP contribution in [0.2, 0.25) is 0 Å². The number of hydrogen-bond acceptors (Lipinski definition) is 3. The number of hydrogen-bond donors (Lipinski definition) is 0. The second kappa shape index (κ2) is 10.0. The molecule has 0 bridgehead atoms. The van der Waals surface area contributed by atoms with Crippen molar-refractivity contribution in [2.24, 2.45) is 11.3 Å². The summed E-state index contributed by atoms with van der Waals surface area (Å²) < 4.78 is 27.7. The molecule has 1 aliphatic heterocycles. The third-order valence-corrected chi connectivity index (χ3v) is 9.37. The zero-order chi connectivity index (χ0) is 26.4. The van der Waals surface area contributed by atoms with E-state index in [1.807, 2.05) is 6.07 Å². The van der Waals surface area contributed by atoms with E-state index in [4.69, 9.17) is 0 Å². The Balaban J connectivity index is 1.23. The maximum Gasteiger partial charge on any atom is 0.270 e. The topological polar surface area (TPSA) is 26.8 Å². The van der Waals surface area contributed by atoms with Crippen LogP contribution < -0.4 is 4.90 Å². The van der Waals surface area contributed by atoms with Crippen LogP contribution in [0.15, 0.2) is 42.5 Å². The summed E-state index contributed by atoms with van der Waals surface area (Å²) >= 11 is 0. The van der Waals surface area contributed by atoms with Gasteiger partial charge in [0.15, 0.2) is 0 Å². The summed E-state index contributed by atoms with van der Waals surface area (Å²) in [5.41, 5.74) is 4.62. The van der Waals surface area contributed by atoms with E-state index >= 15 is 0 Å². The molecule has 4 nitrogen and oxygen atoms in total. The standard InChI is InChI=1S/C31H41F2N3O/c1-22-10-11-24(23(2)17-22)21-34(4)28-19-26-8-6-12-31(26,20-28)29(37)36-15-13-35(14-16-36)27-9-5-7-25(18-27)30(3,32)33/h5,7,9-11,17-18,26,28H,6,8,12-16,19-21H2,1-4H3. The van der Waals surface area contributed by atoms with E-state index in [1.165, 1.54) is 22.8 Å². The van der Waals surface area contributed by atoms with Gasteiger partial charge >= 0.3 is 0 Å². The summed E-state index contributed by atoms with van der Waals surface area (Å²) in [5.74, 6) is -2.05. The van der Waals surface area contributed by atoms with E-state index in [1.54, 1.807) is 12.1 Å². The lowest BCUT2D eigenvalue weighted by molar-refractivity contribution is -0.144. The maximum atomic E-state index is 14.0. The quantitative estimate of drug-likeness (QED) is 0.468. The van der Waals surface area contributed by atoms with Crippen LogP contribution in [0.5, 0.6) is 0 Å². The smallest absolute Gasteiger partial charge is 0.270 e. The van der Waals surface area contributed by atoms with Gasteiger partial charge in [0.1, 0.15) is 0 Å². The number of nitrogens with zero attached hydrogens (tertiary/aromatic N) is 3. The normalized spacial score (nSPS) is 26.1. The Bertz CT molecular complexity index is 1140. The number of benzene rings is 2. The molecule has 0 aromatic heterocycles. The van der Waals surface area contributed by atoms with Gasteiger partial charge in [0.2, 0.25) is 5.91 Å². The highest BCUT2D eigenvalue weighted by atomic mass is 19.3. The van der Waals surface area contributed by atoms with Gasteiger partial charge < -0.3 is 9.80 Å². The molecule has 0 spiro atoms. The predicted octanol–water partition coefficient (Wildman–Crippen LogP) is 6.14. The number of halogens is 2. The van der Waals surface area contributed by atoms with Gasteiger partial charge in [0.05, 0.1) is 5.41 Å². The maximum absolute atomic E-state index is 14.0. The van der Waals surface area contributed by atoms with Crippen molar-refractivity contribution >= 4 is 11.6 Å². The minimum Gasteiger partial charge on any atom is -0.368 e. The number of amides is 1. The van der Waals surface area contributed by atoms with Crippen LogP contribution >= 0.6 is 0 Å². The number of rotatable bonds is 6. The summed E-state index contributed by atoms with van der Waals surface area (Å²) in [6, 6.07) is 13.8. The fourth-order valence-corrected chi connectivity index (χ4v) is 7.17. The van der Waals surface area contributed by atoms with Gasteiger partial charge in [0, 0.05) is 56.9 Å². The molecule has 200 valence electrons. The summed E-state index contributed by atoms with van der Waals surface area (Å²) in [4.78, 5) is 20.7. The number of fused-ring (bicyclic) bond motifs is 1. The number of carbonyl (C=O) groups is 1. The Morgan fingerprint density at radius 2 is 1.86 bits per heavy atom. The fraction of sp³-hybridized carbons (Fsp3) is 0.581. The monoisotopic (exact) mass is 509 g/mol. The number of alkyl halides is 2. The molecule has 2 aromatic carbocycles. The lowest BCUT2D eigenvalue weighted by Crippen LogP contribution is -2.53. The molecule has 1 saturated heterocycles. The fourth-order valence-electron chi connectivity index (χ4n) is 7.17. The van der Waals surface area contributed by atoms with Crippen LogP contribution in [0.4, 0.5) is 14.5 Å². The van der Waals surface area contributed by atoms with Crippen LogP contribution in [0, 0.1) is 25.2 Å². The van der Waals surface area contributed by atoms with E-state index in [9.17, 15) is 13.6 Å². The van der Waals surface area contributed by atoms with Crippen molar-refractivity contribution in [2.75, 3.05) is 38.1 Å². The SMILES string of the molecule is Cc1ccc(CN(C)C2CC3CCCC3(C(=O)N3CCN(c4cccc(C(C)(F)F)c4)CC3)C2)c(C)c1. The van der Waals surface area contributed by atoms with E-state index in [-0.39, 0.29) is 11.0 Å². The summed E-state index contributed by atoms with van der Waals surface area (Å²) in [6.45, 7) is 8.86. The Kier molecular flexibility index (Phi) is 7.08. The van der Waals surface area contributed by atoms with Crippen molar-refractivity contribution in [3.05, 3.63) is 64.7 Å². The molecular weight excluding hydrogens is 468 g/mol. The second-order valence-corrected chi connectivity index (χ2v) is 11.9. The Hall–Kier alpha value is -2.47. The number of anilines is 1. The van der Waals surface area contributed by atoms with Gasteiger partial charge in [-0.15, -0.1) is 0 Å². The van der Waals surface area contributed by atoms with Crippen molar-refractivity contribution in [3.8, 4) is 0 Å². The molecule has 1 heterocycles. The van der Waals surface area contributed by atoms with Gasteiger partial charge in [-0.25, -0.2) is 8.78 Å². The Morgan fingerprint density at radius 3 is 2.57 bits per heavy atom. The van der Waals surface area contributed by atoms with E-state index in [2.05, 4.69) is 53.8 Å². The van der Waals surface area contributed by atoms with E-state index in [0.717, 1.165) is 51.3 Å². The van der Waals surface area contributed by atoms with Crippen LogP contribution in [0.25, 0.3) is 0 Å². The molecule has 3 aliphatic rings. The summed E-state index contributed by atoms with van der Waals surface area (Å²) in [7, 11) is 2.22. The molecule has 3 unspecified atom stereocenters. The van der Waals surface area contributed by atoms with Crippen molar-refractivity contribution in [3.63, 3.8) is 0 Å². The molecule has 6 heteroatoms. The number of aryl methyl sites for hydroxylation is 2. The van der Waals surface area contributed by atoms with Crippen LogP contribution in [0.3, 0.4) is 0 Å². The van der Waals surface area contributed by atoms with Crippen LogP contribution in [-0.4, -0.2) is 55.0 Å². The van der Waals surface area contributed by atoms with Gasteiger partial charge in [-0.1, -0.05) is 42.3 Å². The van der Waals surface area contributed by atoms with Crippen molar-refractivity contribution in [2.45, 2.75) is 71.4 Å². The molecule has 1 amide bonds. The minimum absolute atomic E-state index is 0.0399. The van der Waals surface area contributed by atoms with Crippen LogP contribution in [-0.2, 0) is 17.3 Å². The average molecular weight is 510 g/mol. The Morgan fingerprint density at radius 1 is 1.11 bits per heavy atom. The van der Waals surface area contributed by atoms with Gasteiger partial charge in [-0.2, -0.15) is 0 Å². The van der Waals surface area contributed by atoms with E-state index in [0.29, 0.717) is 44.0 Å². The van der Waals surface area contributed by atoms with Gasteiger partial charge in [-0.3, -0.25) is 9.69 Å². The van der Waals surface area contributed by atoms with Gasteiger partial charge in [0.25, 0.3) is 5.92 Å². The van der Waals surface area contributed by atoms with E-state index < -0.39 is 5.92 Å². The summed E-state index contributed by atoms with van der Waals surface area (Å²) in [6.07, 6.45) is 5.34. The van der Waals surface area contributed by atoms with Crippen molar-refractivity contribution < 1.29 is 13.6 Å². The predicted molar refractivity (Wildman–Crippen MR) is 145 cm³/mol. The molecule has 5 rings (SSSR count). The van der Waals surface area contributed by atoms with Gasteiger partial charge in [-0.05, 0) is 75.8 Å². The van der Waals surface area contributed by atoms with Crippen molar-refractivity contribution in [1.29, 1.82) is 0 Å². The molecule has 0 N–H and O–H groups in total. The lowest BCUT2D eigenvalue weighted by Gasteiger charge is -2.41. The molecule has 0 radical (unpaired) electrons. The molecule has 2 aliphatic carbocycles. The molecule has 37 heavy (non-hydrogen) atoms. The third-order valence-electron chi connectivity index (χ3n) is 9.37. The highest BCUT2D eigenvalue weighted by molar-refractivity contribution is 5.84.